The van der Waals surface area contributed by atoms with Gasteiger partial charge in [0.2, 0.25) is 0 Å². The lowest BCUT2D eigenvalue weighted by Crippen LogP contribution is -2.10. The number of hydrogen-bond acceptors (Lipinski definition) is 0. The first-order valence-electron chi connectivity index (χ1n) is 9.87. The molecule has 5 rings (SSSR count). The predicted octanol–water partition coefficient (Wildman–Crippen LogP) is 8.13. The molecule has 0 heteroatoms. The van der Waals surface area contributed by atoms with Gasteiger partial charge in [0.05, 0.1) is 0 Å². The number of benzene rings is 5. The first-order chi connectivity index (χ1) is 13.5. The third kappa shape index (κ3) is 3.92. The van der Waals surface area contributed by atoms with Gasteiger partial charge in [-0.05, 0) is 55.4 Å². The molecule has 0 aromatic heterocycles. The van der Waals surface area contributed by atoms with Crippen molar-refractivity contribution in [1.82, 2.24) is 0 Å². The highest BCUT2D eigenvalue weighted by molar-refractivity contribution is 5.98. The average molecular weight is 363 g/mol. The fourth-order valence-corrected chi connectivity index (χ4v) is 3.54. The van der Waals surface area contributed by atoms with E-state index in [1.807, 2.05) is 0 Å². The van der Waals surface area contributed by atoms with Gasteiger partial charge in [0, 0.05) is 0 Å². The molecule has 0 fully saturated rings. The zero-order valence-electron chi connectivity index (χ0n) is 16.8. The predicted molar refractivity (Wildman–Crippen MR) is 124 cm³/mol. The van der Waals surface area contributed by atoms with E-state index in [2.05, 4.69) is 124 Å². The van der Waals surface area contributed by atoms with Crippen molar-refractivity contribution in [2.75, 3.05) is 0 Å². The minimum atomic E-state index is 0.208. The highest BCUT2D eigenvalue weighted by atomic mass is 14.2. The van der Waals surface area contributed by atoms with Gasteiger partial charge in [0.15, 0.2) is 0 Å². The van der Waals surface area contributed by atoms with Crippen LogP contribution >= 0.6 is 0 Å². The average Bonchev–Trinajstić information content (AvgIpc) is 2.71. The van der Waals surface area contributed by atoms with Crippen LogP contribution in [0.1, 0.15) is 26.3 Å². The Kier molecular flexibility index (Phi) is 4.88. The van der Waals surface area contributed by atoms with Crippen molar-refractivity contribution >= 4 is 32.3 Å². The molecule has 0 aliphatic rings. The van der Waals surface area contributed by atoms with Gasteiger partial charge in [-0.3, -0.25) is 0 Å². The van der Waals surface area contributed by atoms with Crippen LogP contribution in [0.15, 0.2) is 103 Å². The molecule has 5 aromatic carbocycles. The van der Waals surface area contributed by atoms with Gasteiger partial charge in [0.25, 0.3) is 0 Å². The Morgan fingerprint density at radius 1 is 0.393 bits per heavy atom. The molecule has 0 N–H and O–H groups in total. The van der Waals surface area contributed by atoms with Gasteiger partial charge >= 0.3 is 0 Å². The molecule has 0 saturated heterocycles. The van der Waals surface area contributed by atoms with Crippen molar-refractivity contribution in [2.45, 2.75) is 26.2 Å². The molecule has 0 atom stereocenters. The fourth-order valence-electron chi connectivity index (χ4n) is 3.54. The molecule has 0 amide bonds. The quantitative estimate of drug-likeness (QED) is 0.244. The van der Waals surface area contributed by atoms with E-state index in [4.69, 9.17) is 0 Å². The standard InChI is InChI=1S/C18H18.C10H8/c1-18(2,3)17-9-8-15-10-13-6-4-5-7-14(13)11-16(15)12-17;1-2-6-10-8-4-3-7-9(10)5-1/h4-12H,1-3H3;1-8H. The van der Waals surface area contributed by atoms with Gasteiger partial charge < -0.3 is 0 Å². The van der Waals surface area contributed by atoms with E-state index >= 15 is 0 Å². The van der Waals surface area contributed by atoms with Gasteiger partial charge in [-0.1, -0.05) is 112 Å². The number of rotatable bonds is 0. The minimum Gasteiger partial charge on any atom is -0.0616 e. The molecule has 138 valence electrons. The normalized spacial score (nSPS) is 11.4. The van der Waals surface area contributed by atoms with Crippen LogP contribution in [0.2, 0.25) is 0 Å². The molecule has 0 aliphatic carbocycles. The van der Waals surface area contributed by atoms with E-state index in [0.717, 1.165) is 0 Å². The molecule has 28 heavy (non-hydrogen) atoms. The monoisotopic (exact) mass is 362 g/mol. The van der Waals surface area contributed by atoms with E-state index in [9.17, 15) is 0 Å². The maximum Gasteiger partial charge on any atom is -0.0132 e. The van der Waals surface area contributed by atoms with Crippen LogP contribution in [-0.2, 0) is 5.41 Å². The highest BCUT2D eigenvalue weighted by Gasteiger charge is 2.13. The second kappa shape index (κ2) is 7.48. The lowest BCUT2D eigenvalue weighted by Gasteiger charge is -2.19. The first kappa shape index (κ1) is 18.3. The van der Waals surface area contributed by atoms with E-state index in [-0.39, 0.29) is 5.41 Å². The smallest absolute Gasteiger partial charge is 0.0132 e. The lowest BCUT2D eigenvalue weighted by molar-refractivity contribution is 0.591. The van der Waals surface area contributed by atoms with Crippen LogP contribution in [0.4, 0.5) is 0 Å². The third-order valence-corrected chi connectivity index (χ3v) is 5.23. The number of fused-ring (bicyclic) bond motifs is 3. The van der Waals surface area contributed by atoms with Crippen molar-refractivity contribution in [2.24, 2.45) is 0 Å². The van der Waals surface area contributed by atoms with Gasteiger partial charge in [-0.25, -0.2) is 0 Å². The summed E-state index contributed by atoms with van der Waals surface area (Å²) in [6.45, 7) is 6.78. The Balaban J connectivity index is 0.000000162. The van der Waals surface area contributed by atoms with Crippen LogP contribution in [0.5, 0.6) is 0 Å². The zero-order valence-corrected chi connectivity index (χ0v) is 16.8. The lowest BCUT2D eigenvalue weighted by atomic mass is 9.85. The van der Waals surface area contributed by atoms with Crippen molar-refractivity contribution < 1.29 is 0 Å². The van der Waals surface area contributed by atoms with Gasteiger partial charge in [0.1, 0.15) is 0 Å². The van der Waals surface area contributed by atoms with Gasteiger partial charge in [-0.15, -0.1) is 0 Å². The molecule has 0 unspecified atom stereocenters. The van der Waals surface area contributed by atoms with Crippen LogP contribution in [0.25, 0.3) is 32.3 Å². The van der Waals surface area contributed by atoms with Crippen LogP contribution in [0, 0.1) is 0 Å². The summed E-state index contributed by atoms with van der Waals surface area (Å²) in [7, 11) is 0. The Hall–Kier alpha value is -3.12. The Labute approximate surface area is 167 Å². The third-order valence-electron chi connectivity index (χ3n) is 5.23. The Morgan fingerprint density at radius 2 is 0.786 bits per heavy atom. The summed E-state index contributed by atoms with van der Waals surface area (Å²) in [5.74, 6) is 0. The highest BCUT2D eigenvalue weighted by Crippen LogP contribution is 2.28. The summed E-state index contributed by atoms with van der Waals surface area (Å²) < 4.78 is 0. The second-order valence-corrected chi connectivity index (χ2v) is 8.36. The molecule has 0 heterocycles. The summed E-state index contributed by atoms with van der Waals surface area (Å²) in [6, 6.07) is 36.6. The van der Waals surface area contributed by atoms with Crippen LogP contribution in [0.3, 0.4) is 0 Å². The Bertz CT molecular complexity index is 1170. The summed E-state index contributed by atoms with van der Waals surface area (Å²) in [5.41, 5.74) is 1.60. The SMILES string of the molecule is CC(C)(C)c1ccc2cc3ccccc3cc2c1.c1ccc2ccccc2c1. The summed E-state index contributed by atoms with van der Waals surface area (Å²) >= 11 is 0. The minimum absolute atomic E-state index is 0.208. The molecule has 0 saturated carbocycles. The molecule has 0 bridgehead atoms. The van der Waals surface area contributed by atoms with Crippen molar-refractivity contribution in [3.05, 3.63) is 109 Å². The first-order valence-corrected chi connectivity index (χ1v) is 9.87. The fraction of sp³-hybridized carbons (Fsp3) is 0.143. The molecule has 0 radical (unpaired) electrons. The van der Waals surface area contributed by atoms with E-state index < -0.39 is 0 Å². The van der Waals surface area contributed by atoms with E-state index in [1.54, 1.807) is 0 Å². The van der Waals surface area contributed by atoms with E-state index in [1.165, 1.54) is 37.9 Å². The summed E-state index contributed by atoms with van der Waals surface area (Å²) in [5, 5.41) is 7.90. The maximum atomic E-state index is 2.32. The number of hydrogen-bond donors (Lipinski definition) is 0. The van der Waals surface area contributed by atoms with Crippen molar-refractivity contribution in [3.63, 3.8) is 0 Å². The molecule has 5 aromatic rings. The Morgan fingerprint density at radius 3 is 1.25 bits per heavy atom. The molecule has 0 nitrogen and oxygen atoms in total. The maximum absolute atomic E-state index is 2.32. The molecule has 0 aliphatic heterocycles. The van der Waals surface area contributed by atoms with Crippen molar-refractivity contribution in [3.8, 4) is 0 Å². The van der Waals surface area contributed by atoms with Crippen molar-refractivity contribution in [1.29, 1.82) is 0 Å². The zero-order chi connectivity index (χ0) is 19.6. The molecular weight excluding hydrogens is 336 g/mol. The molecular formula is C28H26. The van der Waals surface area contributed by atoms with E-state index in [0.29, 0.717) is 0 Å². The topological polar surface area (TPSA) is 0 Å². The summed E-state index contributed by atoms with van der Waals surface area (Å²) in [4.78, 5) is 0. The van der Waals surface area contributed by atoms with Gasteiger partial charge in [-0.2, -0.15) is 0 Å². The largest absolute Gasteiger partial charge is 0.0616 e. The summed E-state index contributed by atoms with van der Waals surface area (Å²) in [6.07, 6.45) is 0. The second-order valence-electron chi connectivity index (χ2n) is 8.36. The molecule has 0 spiro atoms. The van der Waals surface area contributed by atoms with Crippen LogP contribution < -0.4 is 0 Å². The van der Waals surface area contributed by atoms with Crippen LogP contribution in [-0.4, -0.2) is 0 Å².